The normalized spacial score (nSPS) is 13.1. The first-order valence-corrected chi connectivity index (χ1v) is 13.4. The number of halogens is 1. The molecule has 0 unspecified atom stereocenters. The van der Waals surface area contributed by atoms with E-state index in [2.05, 4.69) is 23.3 Å². The maximum atomic E-state index is 13.3. The first-order chi connectivity index (χ1) is 17.6. The summed E-state index contributed by atoms with van der Waals surface area (Å²) in [6.07, 6.45) is 0.930. The molecule has 0 spiro atoms. The van der Waals surface area contributed by atoms with Crippen LogP contribution in [0.15, 0.2) is 78.9 Å². The van der Waals surface area contributed by atoms with Gasteiger partial charge in [-0.2, -0.15) is 0 Å². The summed E-state index contributed by atoms with van der Waals surface area (Å²) in [4.78, 5) is 34.5. The molecule has 0 bridgehead atoms. The molecule has 186 valence electrons. The lowest BCUT2D eigenvalue weighted by atomic mass is 10.0. The van der Waals surface area contributed by atoms with Gasteiger partial charge in [0.25, 0.3) is 5.91 Å². The number of aromatic nitrogens is 1. The van der Waals surface area contributed by atoms with E-state index in [0.717, 1.165) is 45.3 Å². The summed E-state index contributed by atoms with van der Waals surface area (Å²) in [6.45, 7) is 1.84. The van der Waals surface area contributed by atoms with Crippen molar-refractivity contribution >= 4 is 62.0 Å². The molecule has 5 aromatic rings. The van der Waals surface area contributed by atoms with Crippen molar-refractivity contribution in [3.8, 4) is 10.6 Å². The largest absolute Gasteiger partial charge is 0.313 e. The fourth-order valence-electron chi connectivity index (χ4n) is 4.53. The number of rotatable bonds is 5. The minimum absolute atomic E-state index is 0. The van der Waals surface area contributed by atoms with E-state index in [9.17, 15) is 9.59 Å². The molecule has 1 aliphatic heterocycles. The molecular formula is C29H24ClN3O2S2. The lowest BCUT2D eigenvalue weighted by Gasteiger charge is -2.22. The molecule has 1 amide bonds. The Labute approximate surface area is 229 Å². The fraction of sp³-hybridized carbons (Fsp3) is 0.138. The molecule has 1 N–H and O–H groups in total. The maximum Gasteiger partial charge on any atom is 0.256 e. The van der Waals surface area contributed by atoms with Gasteiger partial charge in [-0.15, -0.1) is 35.1 Å². The molecule has 8 heteroatoms. The van der Waals surface area contributed by atoms with Crippen LogP contribution in [0.5, 0.6) is 0 Å². The quantitative estimate of drug-likeness (QED) is 0.243. The van der Waals surface area contributed by atoms with Gasteiger partial charge >= 0.3 is 0 Å². The summed E-state index contributed by atoms with van der Waals surface area (Å²) in [6, 6.07) is 24.1. The molecule has 0 atom stereocenters. The third kappa shape index (κ3) is 4.95. The number of ketones is 1. The number of anilines is 1. The first-order valence-electron chi connectivity index (χ1n) is 11.8. The summed E-state index contributed by atoms with van der Waals surface area (Å²) in [7, 11) is 2.12. The Hall–Kier alpha value is -3.36. The number of nitrogens with zero attached hydrogens (tertiary/aromatic N) is 2. The second-order valence-electron chi connectivity index (χ2n) is 8.91. The van der Waals surface area contributed by atoms with Gasteiger partial charge in [0, 0.05) is 40.2 Å². The number of likely N-dealkylation sites (N-methyl/N-ethyl adjacent to an activating group) is 1. The zero-order chi connectivity index (χ0) is 24.6. The molecule has 0 radical (unpaired) electrons. The van der Waals surface area contributed by atoms with Gasteiger partial charge in [-0.1, -0.05) is 54.6 Å². The van der Waals surface area contributed by atoms with Gasteiger partial charge in [0.05, 0.1) is 10.2 Å². The molecule has 0 aliphatic carbocycles. The Morgan fingerprint density at radius 3 is 2.30 bits per heavy atom. The topological polar surface area (TPSA) is 62.3 Å². The molecule has 0 fully saturated rings. The molecule has 0 saturated heterocycles. The van der Waals surface area contributed by atoms with Crippen molar-refractivity contribution in [3.63, 3.8) is 0 Å². The molecule has 3 heterocycles. The van der Waals surface area contributed by atoms with Crippen molar-refractivity contribution in [1.29, 1.82) is 0 Å². The Morgan fingerprint density at radius 1 is 0.865 bits per heavy atom. The van der Waals surface area contributed by atoms with Gasteiger partial charge < -0.3 is 10.2 Å². The van der Waals surface area contributed by atoms with Crippen molar-refractivity contribution in [1.82, 2.24) is 9.88 Å². The van der Waals surface area contributed by atoms with Crippen LogP contribution in [0.4, 0.5) is 5.00 Å². The zero-order valence-electron chi connectivity index (χ0n) is 20.1. The van der Waals surface area contributed by atoms with Crippen LogP contribution in [0.3, 0.4) is 0 Å². The van der Waals surface area contributed by atoms with E-state index in [-0.39, 0.29) is 24.1 Å². The lowest BCUT2D eigenvalue weighted by molar-refractivity contribution is 0.102. The van der Waals surface area contributed by atoms with Crippen LogP contribution in [0.2, 0.25) is 0 Å². The lowest BCUT2D eigenvalue weighted by Crippen LogP contribution is -2.25. The van der Waals surface area contributed by atoms with Crippen LogP contribution in [-0.4, -0.2) is 35.2 Å². The van der Waals surface area contributed by atoms with E-state index < -0.39 is 0 Å². The molecule has 6 rings (SSSR count). The van der Waals surface area contributed by atoms with Gasteiger partial charge in [-0.05, 0) is 43.3 Å². The van der Waals surface area contributed by atoms with E-state index in [1.165, 1.54) is 10.4 Å². The van der Waals surface area contributed by atoms with Gasteiger partial charge in [0.2, 0.25) is 0 Å². The standard InChI is InChI=1S/C29H23N3O2S2.ClH/c1-32-16-15-21-24(17-32)36-29(25(21)28-30-22-9-5-6-10-23(22)35-28)31-27(34)20-13-11-19(12-14-20)26(33)18-7-3-2-4-8-18;/h2-14H,15-17H2,1H3,(H,31,34);1H. The van der Waals surface area contributed by atoms with Crippen LogP contribution in [0, 0.1) is 0 Å². The average molecular weight is 546 g/mol. The van der Waals surface area contributed by atoms with Gasteiger partial charge in [0.15, 0.2) is 5.78 Å². The minimum Gasteiger partial charge on any atom is -0.313 e. The monoisotopic (exact) mass is 545 g/mol. The number of thiophene rings is 1. The van der Waals surface area contributed by atoms with E-state index in [1.807, 2.05) is 36.4 Å². The molecular weight excluding hydrogens is 522 g/mol. The summed E-state index contributed by atoms with van der Waals surface area (Å²) >= 11 is 3.30. The SMILES string of the molecule is CN1CCc2c(sc(NC(=O)c3ccc(C(=O)c4ccccc4)cc3)c2-c2nc3ccccc3s2)C1.Cl. The van der Waals surface area contributed by atoms with E-state index >= 15 is 0 Å². The molecule has 37 heavy (non-hydrogen) atoms. The summed E-state index contributed by atoms with van der Waals surface area (Å²) in [5.41, 5.74) is 5.01. The van der Waals surface area contributed by atoms with Gasteiger partial charge in [-0.3, -0.25) is 9.59 Å². The molecule has 1 aliphatic rings. The molecule has 2 aromatic heterocycles. The number of hydrogen-bond acceptors (Lipinski definition) is 6. The third-order valence-corrected chi connectivity index (χ3v) is 8.61. The van der Waals surface area contributed by atoms with Crippen LogP contribution >= 0.6 is 35.1 Å². The second-order valence-corrected chi connectivity index (χ2v) is 11.0. The number of fused-ring (bicyclic) bond motifs is 2. The summed E-state index contributed by atoms with van der Waals surface area (Å²) < 4.78 is 1.14. The number of carbonyl (C=O) groups is 2. The number of carbonyl (C=O) groups excluding carboxylic acids is 2. The van der Waals surface area contributed by atoms with Crippen LogP contribution in [0.1, 0.15) is 36.7 Å². The number of amides is 1. The van der Waals surface area contributed by atoms with Crippen molar-refractivity contribution in [3.05, 3.63) is 106 Å². The number of benzene rings is 3. The predicted octanol–water partition coefficient (Wildman–Crippen LogP) is 6.92. The van der Waals surface area contributed by atoms with Gasteiger partial charge in [-0.25, -0.2) is 4.98 Å². The number of nitrogens with one attached hydrogen (secondary N) is 1. The maximum absolute atomic E-state index is 13.3. The van der Waals surface area contributed by atoms with Crippen LogP contribution in [-0.2, 0) is 13.0 Å². The van der Waals surface area contributed by atoms with Crippen molar-refractivity contribution < 1.29 is 9.59 Å². The van der Waals surface area contributed by atoms with Crippen LogP contribution < -0.4 is 5.32 Å². The van der Waals surface area contributed by atoms with Crippen molar-refractivity contribution in [2.24, 2.45) is 0 Å². The predicted molar refractivity (Wildman–Crippen MR) is 154 cm³/mol. The highest BCUT2D eigenvalue weighted by Gasteiger charge is 2.27. The summed E-state index contributed by atoms with van der Waals surface area (Å²) in [5, 5.41) is 4.94. The Balaban J connectivity index is 0.00000280. The van der Waals surface area contributed by atoms with Gasteiger partial charge in [0.1, 0.15) is 10.0 Å². The number of hydrogen-bond donors (Lipinski definition) is 1. The number of thiazole rings is 1. The highest BCUT2D eigenvalue weighted by atomic mass is 35.5. The number of para-hydroxylation sites is 1. The van der Waals surface area contributed by atoms with Crippen LogP contribution in [0.25, 0.3) is 20.8 Å². The first kappa shape index (κ1) is 25.3. The Bertz CT molecular complexity index is 1560. The molecule has 5 nitrogen and oxygen atoms in total. The van der Waals surface area contributed by atoms with E-state index in [1.54, 1.807) is 59.1 Å². The Kier molecular flexibility index (Phi) is 7.22. The van der Waals surface area contributed by atoms with Crippen molar-refractivity contribution in [2.75, 3.05) is 18.9 Å². The van der Waals surface area contributed by atoms with E-state index in [4.69, 9.17) is 4.98 Å². The smallest absolute Gasteiger partial charge is 0.256 e. The molecule has 0 saturated carbocycles. The Morgan fingerprint density at radius 2 is 1.54 bits per heavy atom. The highest BCUT2D eigenvalue weighted by Crippen LogP contribution is 2.45. The second kappa shape index (κ2) is 10.6. The fourth-order valence-corrected chi connectivity index (χ4v) is 6.96. The van der Waals surface area contributed by atoms with Crippen molar-refractivity contribution in [2.45, 2.75) is 13.0 Å². The summed E-state index contributed by atoms with van der Waals surface area (Å²) in [5.74, 6) is -0.251. The van der Waals surface area contributed by atoms with E-state index in [0.29, 0.717) is 16.7 Å². The zero-order valence-corrected chi connectivity index (χ0v) is 22.5. The third-order valence-electron chi connectivity index (χ3n) is 6.43. The highest BCUT2D eigenvalue weighted by molar-refractivity contribution is 7.23. The molecule has 3 aromatic carbocycles. The minimum atomic E-state index is -0.192. The average Bonchev–Trinajstić information content (AvgIpc) is 3.49.